The lowest BCUT2D eigenvalue weighted by Gasteiger charge is -2.24. The third kappa shape index (κ3) is 4.67. The van der Waals surface area contributed by atoms with Crippen LogP contribution in [-0.2, 0) is 11.2 Å². The Kier molecular flexibility index (Phi) is 6.09. The molecule has 4 N–H and O–H groups in total. The SMILES string of the molecule is O=C(N[C@@H](Cc1ccccc1)C(=O)N1C[C@@H](O)[C@@H](O)C1)Oc1cc2cc(Br)sc2[nH]1. The van der Waals surface area contributed by atoms with Gasteiger partial charge in [-0.15, -0.1) is 11.3 Å². The quantitative estimate of drug-likeness (QED) is 0.435. The van der Waals surface area contributed by atoms with E-state index in [-0.39, 0.29) is 31.3 Å². The van der Waals surface area contributed by atoms with Crippen LogP contribution in [0.5, 0.6) is 5.88 Å². The van der Waals surface area contributed by atoms with Gasteiger partial charge in [0.25, 0.3) is 0 Å². The van der Waals surface area contributed by atoms with Crippen molar-refractivity contribution in [3.8, 4) is 5.88 Å². The normalized spacial score (nSPS) is 19.8. The van der Waals surface area contributed by atoms with E-state index in [0.717, 1.165) is 19.6 Å². The molecule has 1 saturated heterocycles. The van der Waals surface area contributed by atoms with Crippen LogP contribution in [0.4, 0.5) is 4.79 Å². The van der Waals surface area contributed by atoms with Gasteiger partial charge in [0.1, 0.15) is 10.9 Å². The summed E-state index contributed by atoms with van der Waals surface area (Å²) in [5.74, 6) is -0.109. The Morgan fingerprint density at radius 1 is 1.23 bits per heavy atom. The van der Waals surface area contributed by atoms with Gasteiger partial charge in [-0.1, -0.05) is 30.3 Å². The van der Waals surface area contributed by atoms with Crippen molar-refractivity contribution in [1.82, 2.24) is 15.2 Å². The number of ether oxygens (including phenoxy) is 1. The molecule has 2 aromatic heterocycles. The molecule has 158 valence electrons. The molecular formula is C20H20BrN3O5S. The summed E-state index contributed by atoms with van der Waals surface area (Å²) in [6.07, 6.45) is -2.50. The molecule has 0 radical (unpaired) electrons. The van der Waals surface area contributed by atoms with Crippen molar-refractivity contribution >= 4 is 49.5 Å². The maximum absolute atomic E-state index is 13.0. The average Bonchev–Trinajstić information content (AvgIpc) is 3.34. The van der Waals surface area contributed by atoms with Gasteiger partial charge < -0.3 is 30.2 Å². The highest BCUT2D eigenvalue weighted by Gasteiger charge is 2.36. The average molecular weight is 494 g/mol. The Morgan fingerprint density at radius 3 is 2.60 bits per heavy atom. The van der Waals surface area contributed by atoms with E-state index in [1.165, 1.54) is 16.2 Å². The number of thiophene rings is 1. The highest BCUT2D eigenvalue weighted by molar-refractivity contribution is 9.11. The van der Waals surface area contributed by atoms with E-state index in [2.05, 4.69) is 26.2 Å². The zero-order chi connectivity index (χ0) is 21.3. The molecular weight excluding hydrogens is 474 g/mol. The second-order valence-electron chi connectivity index (χ2n) is 7.12. The molecule has 0 unspecified atom stereocenters. The third-order valence-electron chi connectivity index (χ3n) is 4.90. The molecule has 3 aromatic rings. The first-order chi connectivity index (χ1) is 14.4. The second kappa shape index (κ2) is 8.76. The minimum atomic E-state index is -0.996. The largest absolute Gasteiger partial charge is 0.414 e. The molecule has 30 heavy (non-hydrogen) atoms. The number of aromatic amines is 1. The van der Waals surface area contributed by atoms with Crippen molar-refractivity contribution < 1.29 is 24.5 Å². The highest BCUT2D eigenvalue weighted by Crippen LogP contribution is 2.32. The molecule has 8 nitrogen and oxygen atoms in total. The zero-order valence-corrected chi connectivity index (χ0v) is 18.1. The second-order valence-corrected chi connectivity index (χ2v) is 9.55. The number of carbonyl (C=O) groups is 2. The van der Waals surface area contributed by atoms with E-state index in [0.29, 0.717) is 0 Å². The topological polar surface area (TPSA) is 115 Å². The summed E-state index contributed by atoms with van der Waals surface area (Å²) in [6.45, 7) is 0.0353. The molecule has 1 aliphatic rings. The summed E-state index contributed by atoms with van der Waals surface area (Å²) in [7, 11) is 0. The van der Waals surface area contributed by atoms with E-state index >= 15 is 0 Å². The van der Waals surface area contributed by atoms with E-state index in [1.54, 1.807) is 6.07 Å². The number of H-pyrrole nitrogens is 1. The van der Waals surface area contributed by atoms with Gasteiger partial charge in [-0.2, -0.15) is 0 Å². The van der Waals surface area contributed by atoms with Gasteiger partial charge in [-0.25, -0.2) is 4.79 Å². The van der Waals surface area contributed by atoms with Crippen LogP contribution in [0.1, 0.15) is 5.56 Å². The fourth-order valence-corrected chi connectivity index (χ4v) is 4.91. The van der Waals surface area contributed by atoms with Crippen LogP contribution >= 0.6 is 27.3 Å². The van der Waals surface area contributed by atoms with Gasteiger partial charge in [0.05, 0.1) is 16.0 Å². The minimum absolute atomic E-state index is 0.0177. The van der Waals surface area contributed by atoms with Gasteiger partial charge in [0, 0.05) is 31.0 Å². The Balaban J connectivity index is 1.47. The lowest BCUT2D eigenvalue weighted by molar-refractivity contribution is -0.132. The number of hydrogen-bond acceptors (Lipinski definition) is 6. The Morgan fingerprint density at radius 2 is 1.93 bits per heavy atom. The molecule has 0 aliphatic carbocycles. The van der Waals surface area contributed by atoms with Gasteiger partial charge in [0.15, 0.2) is 0 Å². The van der Waals surface area contributed by atoms with Crippen molar-refractivity contribution in [2.45, 2.75) is 24.7 Å². The number of benzene rings is 1. The first-order valence-electron chi connectivity index (χ1n) is 9.34. The van der Waals surface area contributed by atoms with Crippen LogP contribution in [0, 0.1) is 0 Å². The number of nitrogens with zero attached hydrogens (tertiary/aromatic N) is 1. The van der Waals surface area contributed by atoms with E-state index in [1.807, 2.05) is 36.4 Å². The fourth-order valence-electron chi connectivity index (χ4n) is 3.41. The molecule has 0 saturated carbocycles. The molecule has 10 heteroatoms. The van der Waals surface area contributed by atoms with E-state index in [4.69, 9.17) is 4.74 Å². The third-order valence-corrected chi connectivity index (χ3v) is 6.47. The van der Waals surface area contributed by atoms with Crippen molar-refractivity contribution in [3.63, 3.8) is 0 Å². The minimum Gasteiger partial charge on any atom is -0.393 e. The number of likely N-dealkylation sites (tertiary alicyclic amines) is 1. The molecule has 4 rings (SSSR count). The number of fused-ring (bicyclic) bond motifs is 1. The number of aliphatic hydroxyl groups excluding tert-OH is 2. The maximum Gasteiger partial charge on any atom is 0.414 e. The predicted molar refractivity (Wildman–Crippen MR) is 116 cm³/mol. The van der Waals surface area contributed by atoms with Crippen LogP contribution in [0.2, 0.25) is 0 Å². The van der Waals surface area contributed by atoms with Crippen LogP contribution < -0.4 is 10.1 Å². The number of aromatic nitrogens is 1. The summed E-state index contributed by atoms with van der Waals surface area (Å²) < 4.78 is 6.30. The number of aliphatic hydroxyl groups is 2. The molecule has 2 amide bonds. The van der Waals surface area contributed by atoms with E-state index < -0.39 is 24.3 Å². The summed E-state index contributed by atoms with van der Waals surface area (Å²) in [6, 6.07) is 12.0. The number of amides is 2. The number of rotatable bonds is 5. The molecule has 0 bridgehead atoms. The summed E-state index contributed by atoms with van der Waals surface area (Å²) in [5.41, 5.74) is 0.863. The number of nitrogens with one attached hydrogen (secondary N) is 2. The van der Waals surface area contributed by atoms with Gasteiger partial charge in [-0.05, 0) is 27.6 Å². The lowest BCUT2D eigenvalue weighted by Crippen LogP contribution is -2.50. The fraction of sp³-hybridized carbons (Fsp3) is 0.300. The molecule has 3 heterocycles. The van der Waals surface area contributed by atoms with E-state index in [9.17, 15) is 19.8 Å². The van der Waals surface area contributed by atoms with Gasteiger partial charge >= 0.3 is 6.09 Å². The van der Waals surface area contributed by atoms with Crippen molar-refractivity contribution in [3.05, 3.63) is 51.8 Å². The van der Waals surface area contributed by atoms with Crippen LogP contribution in [0.25, 0.3) is 10.2 Å². The Hall–Kier alpha value is -2.40. The first kappa shape index (κ1) is 20.9. The van der Waals surface area contributed by atoms with Crippen LogP contribution in [0.15, 0.2) is 46.3 Å². The first-order valence-corrected chi connectivity index (χ1v) is 11.0. The summed E-state index contributed by atoms with van der Waals surface area (Å²) >= 11 is 4.88. The van der Waals surface area contributed by atoms with Crippen molar-refractivity contribution in [2.75, 3.05) is 13.1 Å². The van der Waals surface area contributed by atoms with Gasteiger partial charge in [-0.3, -0.25) is 4.79 Å². The number of β-amino-alcohol motifs (C(OH)–C–C–N with tert-alkyl or cyclic N) is 2. The molecule has 1 aromatic carbocycles. The number of hydrogen-bond donors (Lipinski definition) is 4. The van der Waals surface area contributed by atoms with Crippen LogP contribution in [0.3, 0.4) is 0 Å². The zero-order valence-electron chi connectivity index (χ0n) is 15.7. The Labute approximate surface area is 184 Å². The summed E-state index contributed by atoms with van der Waals surface area (Å²) in [4.78, 5) is 30.7. The number of halogens is 1. The van der Waals surface area contributed by atoms with Crippen molar-refractivity contribution in [2.24, 2.45) is 0 Å². The smallest absolute Gasteiger partial charge is 0.393 e. The maximum atomic E-state index is 13.0. The van der Waals surface area contributed by atoms with Crippen molar-refractivity contribution in [1.29, 1.82) is 0 Å². The lowest BCUT2D eigenvalue weighted by atomic mass is 10.1. The van der Waals surface area contributed by atoms with Gasteiger partial charge in [0.2, 0.25) is 11.8 Å². The Bertz CT molecular complexity index is 1010. The predicted octanol–water partition coefficient (Wildman–Crippen LogP) is 2.26. The molecule has 1 aliphatic heterocycles. The number of carbonyl (C=O) groups excluding carboxylic acids is 2. The monoisotopic (exact) mass is 493 g/mol. The highest BCUT2D eigenvalue weighted by atomic mass is 79.9. The molecule has 1 fully saturated rings. The van der Waals surface area contributed by atoms with Crippen LogP contribution in [-0.4, -0.2) is 63.4 Å². The molecule has 3 atom stereocenters. The summed E-state index contributed by atoms with van der Waals surface area (Å²) in [5, 5.41) is 23.1. The standard InChI is InChI=1S/C20H20BrN3O5S/c21-16-7-12-8-17(23-18(12)30-16)29-20(28)22-13(6-11-4-2-1-3-5-11)19(27)24-9-14(25)15(26)10-24/h1-5,7-8,13-15,23,25-26H,6,9-10H2,(H,22,28)/t13-,14-,15+/m0/s1. The molecule has 0 spiro atoms.